The average molecular weight is 308 g/mol. The SMILES string of the molecule is CCP(CC)CC(CP(CC)CC)P(CC)CC. The molecule has 0 saturated carbocycles. The summed E-state index contributed by atoms with van der Waals surface area (Å²) in [4.78, 5) is 0. The summed E-state index contributed by atoms with van der Waals surface area (Å²) in [6.45, 7) is 14.5. The monoisotopic (exact) mass is 308 g/mol. The van der Waals surface area contributed by atoms with Gasteiger partial charge in [-0.2, -0.15) is 0 Å². The van der Waals surface area contributed by atoms with E-state index in [1.807, 2.05) is 0 Å². The Morgan fingerprint density at radius 1 is 0.556 bits per heavy atom. The van der Waals surface area contributed by atoms with Gasteiger partial charge in [-0.3, -0.25) is 0 Å². The number of hydrogen-bond donors (Lipinski definition) is 0. The fraction of sp³-hybridized carbons (Fsp3) is 1.00. The van der Waals surface area contributed by atoms with E-state index in [-0.39, 0.29) is 0 Å². The van der Waals surface area contributed by atoms with Crippen molar-refractivity contribution in [1.29, 1.82) is 0 Å². The maximum absolute atomic E-state index is 2.43. The van der Waals surface area contributed by atoms with Crippen molar-refractivity contribution in [2.24, 2.45) is 0 Å². The Morgan fingerprint density at radius 2 is 0.889 bits per heavy atom. The van der Waals surface area contributed by atoms with Crippen LogP contribution >= 0.6 is 23.8 Å². The highest BCUT2D eigenvalue weighted by Gasteiger charge is 2.23. The van der Waals surface area contributed by atoms with Gasteiger partial charge in [0.05, 0.1) is 0 Å². The molecule has 0 spiro atoms. The molecule has 18 heavy (non-hydrogen) atoms. The number of hydrogen-bond acceptors (Lipinski definition) is 0. The molecule has 3 heteroatoms. The van der Waals surface area contributed by atoms with Gasteiger partial charge in [0.1, 0.15) is 0 Å². The van der Waals surface area contributed by atoms with Gasteiger partial charge < -0.3 is 0 Å². The van der Waals surface area contributed by atoms with Crippen LogP contribution in [0.5, 0.6) is 0 Å². The molecule has 0 amide bonds. The minimum atomic E-state index is 0.325. The Hall–Kier alpha value is 1.29. The van der Waals surface area contributed by atoms with Gasteiger partial charge in [0.2, 0.25) is 0 Å². The maximum Gasteiger partial charge on any atom is -0.0131 e. The largest absolute Gasteiger partial charge is 0.107 e. The second-order valence-electron chi connectivity index (χ2n) is 4.85. The molecule has 0 N–H and O–H groups in total. The normalized spacial score (nSPS) is 12.3. The summed E-state index contributed by atoms with van der Waals surface area (Å²) in [6.07, 6.45) is 11.9. The highest BCUT2D eigenvalue weighted by Crippen LogP contribution is 2.52. The smallest absolute Gasteiger partial charge is 0.0131 e. The first-order valence-corrected chi connectivity index (χ1v) is 13.4. The molecule has 0 aliphatic carbocycles. The molecule has 0 bridgehead atoms. The van der Waals surface area contributed by atoms with Crippen LogP contribution in [0.4, 0.5) is 0 Å². The van der Waals surface area contributed by atoms with Crippen LogP contribution in [-0.2, 0) is 0 Å². The fourth-order valence-corrected chi connectivity index (χ4v) is 10.9. The molecular weight excluding hydrogens is 273 g/mol. The van der Waals surface area contributed by atoms with E-state index in [2.05, 4.69) is 41.5 Å². The summed E-state index contributed by atoms with van der Waals surface area (Å²) in [6, 6.07) is 0. The molecule has 0 atom stereocenters. The Labute approximate surface area is 120 Å². The van der Waals surface area contributed by atoms with Gasteiger partial charge in [-0.1, -0.05) is 41.5 Å². The summed E-state index contributed by atoms with van der Waals surface area (Å²) >= 11 is 0. The topological polar surface area (TPSA) is 0 Å². The van der Waals surface area contributed by atoms with Gasteiger partial charge in [0.15, 0.2) is 0 Å². The molecular formula is C15H35P3. The minimum absolute atomic E-state index is 0.325. The maximum atomic E-state index is 2.43. The highest BCUT2D eigenvalue weighted by molar-refractivity contribution is 7.64. The van der Waals surface area contributed by atoms with Crippen molar-refractivity contribution >= 4 is 23.8 Å². The van der Waals surface area contributed by atoms with Crippen molar-refractivity contribution in [3.05, 3.63) is 0 Å². The lowest BCUT2D eigenvalue weighted by Crippen LogP contribution is -2.19. The summed E-state index contributed by atoms with van der Waals surface area (Å²) in [5.74, 6) is 0. The van der Waals surface area contributed by atoms with Crippen molar-refractivity contribution < 1.29 is 0 Å². The van der Waals surface area contributed by atoms with E-state index in [1.54, 1.807) is 12.3 Å². The Balaban J connectivity index is 4.58. The first-order valence-electron chi connectivity index (χ1n) is 7.85. The predicted molar refractivity (Wildman–Crippen MR) is 97.5 cm³/mol. The second kappa shape index (κ2) is 12.1. The van der Waals surface area contributed by atoms with Crippen LogP contribution in [0.15, 0.2) is 0 Å². The number of rotatable bonds is 11. The lowest BCUT2D eigenvalue weighted by Gasteiger charge is -2.32. The van der Waals surface area contributed by atoms with E-state index in [0.29, 0.717) is 23.8 Å². The van der Waals surface area contributed by atoms with E-state index in [0.717, 1.165) is 5.66 Å². The standard InChI is InChI=1S/C15H35P3/c1-7-16(8-2)13-15(18(11-5)12-6)14-17(9-3)10-4/h15H,7-14H2,1-6H3. The van der Waals surface area contributed by atoms with Crippen LogP contribution in [0.25, 0.3) is 0 Å². The van der Waals surface area contributed by atoms with Crippen molar-refractivity contribution in [3.8, 4) is 0 Å². The first-order chi connectivity index (χ1) is 8.66. The van der Waals surface area contributed by atoms with E-state index in [9.17, 15) is 0 Å². The molecule has 0 unspecified atom stereocenters. The van der Waals surface area contributed by atoms with Crippen LogP contribution in [-0.4, -0.2) is 55.0 Å². The summed E-state index contributed by atoms with van der Waals surface area (Å²) in [5.41, 5.74) is 1.10. The lowest BCUT2D eigenvalue weighted by molar-refractivity contribution is 1.07. The van der Waals surface area contributed by atoms with Crippen LogP contribution in [0.1, 0.15) is 41.5 Å². The van der Waals surface area contributed by atoms with Gasteiger partial charge in [0, 0.05) is 0 Å². The molecule has 0 aromatic heterocycles. The zero-order valence-electron chi connectivity index (χ0n) is 13.6. The van der Waals surface area contributed by atoms with E-state index in [1.165, 1.54) is 37.0 Å². The molecule has 0 aliphatic rings. The Bertz CT molecular complexity index is 159. The van der Waals surface area contributed by atoms with Crippen LogP contribution in [0.2, 0.25) is 0 Å². The highest BCUT2D eigenvalue weighted by atomic mass is 31.1. The minimum Gasteiger partial charge on any atom is -0.107 e. The quantitative estimate of drug-likeness (QED) is 0.416. The molecule has 0 saturated heterocycles. The zero-order valence-corrected chi connectivity index (χ0v) is 16.3. The van der Waals surface area contributed by atoms with E-state index >= 15 is 0 Å². The first kappa shape index (κ1) is 19.3. The molecule has 0 nitrogen and oxygen atoms in total. The molecule has 0 fully saturated rings. The van der Waals surface area contributed by atoms with Gasteiger partial charge in [0.25, 0.3) is 0 Å². The van der Waals surface area contributed by atoms with Crippen LogP contribution in [0, 0.1) is 0 Å². The molecule has 0 radical (unpaired) electrons. The van der Waals surface area contributed by atoms with Gasteiger partial charge in [-0.25, -0.2) is 0 Å². The molecule has 0 aromatic rings. The van der Waals surface area contributed by atoms with Crippen LogP contribution < -0.4 is 0 Å². The second-order valence-corrected chi connectivity index (χ2v) is 14.0. The average Bonchev–Trinajstić information content (AvgIpc) is 2.42. The third-order valence-corrected chi connectivity index (χ3v) is 13.1. The van der Waals surface area contributed by atoms with E-state index in [4.69, 9.17) is 0 Å². The molecule has 0 heterocycles. The van der Waals surface area contributed by atoms with Crippen molar-refractivity contribution in [1.82, 2.24) is 0 Å². The Morgan fingerprint density at radius 3 is 1.11 bits per heavy atom. The molecule has 110 valence electrons. The zero-order chi connectivity index (χ0) is 14.0. The molecule has 0 rings (SSSR count). The van der Waals surface area contributed by atoms with Crippen molar-refractivity contribution in [2.75, 3.05) is 49.3 Å². The summed E-state index contributed by atoms with van der Waals surface area (Å²) in [5, 5.41) is 0. The third kappa shape index (κ3) is 7.17. The molecule has 0 aromatic carbocycles. The van der Waals surface area contributed by atoms with Gasteiger partial charge >= 0.3 is 0 Å². The summed E-state index contributed by atoms with van der Waals surface area (Å²) in [7, 11) is 1.02. The third-order valence-electron chi connectivity index (χ3n) is 4.06. The lowest BCUT2D eigenvalue weighted by atomic mass is 10.5. The predicted octanol–water partition coefficient (Wildman–Crippen LogP) is 5.92. The van der Waals surface area contributed by atoms with Crippen molar-refractivity contribution in [2.45, 2.75) is 47.2 Å². The van der Waals surface area contributed by atoms with E-state index < -0.39 is 0 Å². The van der Waals surface area contributed by atoms with Gasteiger partial charge in [-0.15, -0.1) is 23.8 Å². The molecule has 0 aliphatic heterocycles. The van der Waals surface area contributed by atoms with Crippen molar-refractivity contribution in [3.63, 3.8) is 0 Å². The van der Waals surface area contributed by atoms with Crippen LogP contribution in [0.3, 0.4) is 0 Å². The van der Waals surface area contributed by atoms with Gasteiger partial charge in [-0.05, 0) is 55.0 Å². The Kier molecular flexibility index (Phi) is 12.9. The summed E-state index contributed by atoms with van der Waals surface area (Å²) < 4.78 is 0. The fourth-order valence-electron chi connectivity index (χ4n) is 2.59.